The van der Waals surface area contributed by atoms with Crippen LogP contribution in [0.2, 0.25) is 0 Å². The molecule has 0 radical (unpaired) electrons. The molecule has 7 heterocycles. The van der Waals surface area contributed by atoms with Crippen LogP contribution in [0.1, 0.15) is 77.8 Å². The van der Waals surface area contributed by atoms with Gasteiger partial charge in [0, 0.05) is 88.3 Å². The van der Waals surface area contributed by atoms with Crippen molar-refractivity contribution in [3.63, 3.8) is 0 Å². The van der Waals surface area contributed by atoms with Crippen molar-refractivity contribution in [1.29, 1.82) is 0 Å². The second-order valence-corrected chi connectivity index (χ2v) is 17.8. The molecule has 4 amide bonds. The highest BCUT2D eigenvalue weighted by Gasteiger charge is 2.41. The Morgan fingerprint density at radius 3 is 2.41 bits per heavy atom. The van der Waals surface area contributed by atoms with Crippen LogP contribution in [0.5, 0.6) is 5.88 Å². The fourth-order valence-electron chi connectivity index (χ4n) is 9.66. The number of alkyl halides is 3. The quantitative estimate of drug-likeness (QED) is 0.179. The predicted molar refractivity (Wildman–Crippen MR) is 233 cm³/mol. The first-order valence-electron chi connectivity index (χ1n) is 22.2. The Labute approximate surface area is 377 Å². The zero-order chi connectivity index (χ0) is 46.6. The molecule has 348 valence electrons. The lowest BCUT2D eigenvalue weighted by molar-refractivity contribution is -0.141. The Morgan fingerprint density at radius 2 is 1.68 bits per heavy atom. The molecule has 4 aromatic rings. The van der Waals surface area contributed by atoms with Crippen LogP contribution in [0.3, 0.4) is 0 Å². The molecular formula is C46H49F5N10O5. The van der Waals surface area contributed by atoms with Crippen molar-refractivity contribution in [2.24, 2.45) is 23.9 Å². The van der Waals surface area contributed by atoms with Crippen LogP contribution in [0.15, 0.2) is 47.5 Å². The van der Waals surface area contributed by atoms with Gasteiger partial charge in [0.05, 0.1) is 41.1 Å². The molecular weight excluding hydrogens is 868 g/mol. The highest BCUT2D eigenvalue weighted by atomic mass is 19.4. The van der Waals surface area contributed by atoms with E-state index in [0.717, 1.165) is 21.6 Å². The lowest BCUT2D eigenvalue weighted by Crippen LogP contribution is -2.50. The summed E-state index contributed by atoms with van der Waals surface area (Å²) in [7, 11) is 1.38. The Morgan fingerprint density at radius 1 is 0.924 bits per heavy atom. The third-order valence-corrected chi connectivity index (χ3v) is 13.0. The molecule has 0 unspecified atom stereocenters. The number of piperidine rings is 1. The first-order chi connectivity index (χ1) is 31.5. The number of benzene rings is 2. The molecule has 2 aromatic heterocycles. The van der Waals surface area contributed by atoms with Gasteiger partial charge in [-0.05, 0) is 80.5 Å². The van der Waals surface area contributed by atoms with E-state index in [4.69, 9.17) is 4.74 Å². The monoisotopic (exact) mass is 916 g/mol. The standard InChI is InChI=1S/C46H49F5N10O5/c1-25-5-4-16-66-44-39(40(46(49,50)51)56-57(44)3)35-19-29(17-26(2)52-35)41(63)55-45-53-34-8-6-27(18-36(34)61(45)22-25)23-58-12-14-59(15-13-58)43(65)28-10-11-60(24-28)30-20-32(47)38(33(48)21-30)31-7-9-37(62)54-42(31)64/h6,8,17-21,25,28,31H,4-5,7,9-16,22-24H2,1-3H3,(H,53,55,63)(H,54,62,64)/t25-,28-,31-/m1/s1. The minimum absolute atomic E-state index is 0.000235. The largest absolute Gasteiger partial charge is 0.477 e. The highest BCUT2D eigenvalue weighted by Crippen LogP contribution is 2.42. The molecule has 9 rings (SSSR count). The highest BCUT2D eigenvalue weighted by molar-refractivity contribution is 6.19. The Bertz CT molecular complexity index is 2620. The average molecular weight is 917 g/mol. The fraction of sp³-hybridized carbons (Fsp3) is 0.457. The third kappa shape index (κ3) is 8.93. The van der Waals surface area contributed by atoms with Gasteiger partial charge in [-0.1, -0.05) is 13.0 Å². The molecule has 2 N–H and O–H groups in total. The third-order valence-electron chi connectivity index (χ3n) is 13.0. The molecule has 3 saturated heterocycles. The van der Waals surface area contributed by atoms with Crippen molar-refractivity contribution in [1.82, 2.24) is 29.9 Å². The summed E-state index contributed by atoms with van der Waals surface area (Å²) in [5.41, 5.74) is 1.32. The number of imide groups is 1. The molecule has 0 saturated carbocycles. The molecule has 15 nitrogen and oxygen atoms in total. The van der Waals surface area contributed by atoms with Gasteiger partial charge in [-0.15, -0.1) is 0 Å². The van der Waals surface area contributed by atoms with Gasteiger partial charge in [0.15, 0.2) is 5.69 Å². The van der Waals surface area contributed by atoms with Gasteiger partial charge >= 0.3 is 6.18 Å². The molecule has 0 aliphatic carbocycles. The summed E-state index contributed by atoms with van der Waals surface area (Å²) in [5, 5.41) is 9.18. The summed E-state index contributed by atoms with van der Waals surface area (Å²) in [6.45, 7) is 7.87. The van der Waals surface area contributed by atoms with Crippen LogP contribution in [-0.2, 0) is 34.2 Å². The maximum atomic E-state index is 15.3. The SMILES string of the molecule is Cc1cc2cc(n1)-c1c(C(F)(F)F)nn(C)c1OCCC[C@@H](C)CN1/C(=N/C2=O)Nc2ccc(CN3CCN(C(=O)[C@@H]4CCN(c5cc(F)c([C@H]6CCC(=O)NC6=O)c(F)c5)C4)CC3)cc21. The Balaban J connectivity index is 0.858. The van der Waals surface area contributed by atoms with E-state index < -0.39 is 47.1 Å². The van der Waals surface area contributed by atoms with E-state index in [1.165, 1.54) is 31.3 Å². The number of ether oxygens (including phenoxy) is 1. The number of piperazine rings is 1. The van der Waals surface area contributed by atoms with E-state index in [9.17, 15) is 32.3 Å². The number of anilines is 3. The number of hydrogen-bond acceptors (Lipinski definition) is 11. The summed E-state index contributed by atoms with van der Waals surface area (Å²) in [6.07, 6.45) is -3.05. The van der Waals surface area contributed by atoms with Crippen molar-refractivity contribution < 1.29 is 45.9 Å². The van der Waals surface area contributed by atoms with Gasteiger partial charge in [0.1, 0.15) is 11.6 Å². The Kier molecular flexibility index (Phi) is 12.0. The van der Waals surface area contributed by atoms with Gasteiger partial charge < -0.3 is 24.8 Å². The Hall–Kier alpha value is -6.44. The van der Waals surface area contributed by atoms with E-state index in [-0.39, 0.29) is 65.5 Å². The van der Waals surface area contributed by atoms with Crippen LogP contribution in [0, 0.1) is 30.4 Å². The lowest BCUT2D eigenvalue weighted by atomic mass is 9.89. The van der Waals surface area contributed by atoms with E-state index in [0.29, 0.717) is 89.0 Å². The number of pyridine rings is 1. The topological polar surface area (TPSA) is 158 Å². The predicted octanol–water partition coefficient (Wildman–Crippen LogP) is 6.02. The maximum absolute atomic E-state index is 15.3. The van der Waals surface area contributed by atoms with Gasteiger partial charge in [-0.2, -0.15) is 23.3 Å². The first-order valence-corrected chi connectivity index (χ1v) is 22.2. The van der Waals surface area contributed by atoms with Crippen molar-refractivity contribution >= 4 is 46.7 Å². The van der Waals surface area contributed by atoms with Crippen LogP contribution >= 0.6 is 0 Å². The van der Waals surface area contributed by atoms with Gasteiger partial charge in [0.2, 0.25) is 29.6 Å². The molecule has 2 bridgehead atoms. The van der Waals surface area contributed by atoms with E-state index in [1.807, 2.05) is 21.9 Å². The van der Waals surface area contributed by atoms with Crippen molar-refractivity contribution in [3.8, 4) is 17.1 Å². The summed E-state index contributed by atoms with van der Waals surface area (Å²) in [5.74, 6) is -4.74. The normalized spacial score (nSPS) is 22.6. The summed E-state index contributed by atoms with van der Waals surface area (Å²) in [6, 6.07) is 11.2. The second-order valence-electron chi connectivity index (χ2n) is 17.8. The van der Waals surface area contributed by atoms with Crippen molar-refractivity contribution in [2.75, 3.05) is 67.5 Å². The number of fused-ring (bicyclic) bond motifs is 7. The zero-order valence-electron chi connectivity index (χ0n) is 36.7. The number of rotatable bonds is 5. The number of halogens is 5. The molecule has 66 heavy (non-hydrogen) atoms. The maximum Gasteiger partial charge on any atom is 0.435 e. The smallest absolute Gasteiger partial charge is 0.435 e. The molecule has 5 aliphatic rings. The van der Waals surface area contributed by atoms with E-state index in [2.05, 4.69) is 43.6 Å². The minimum atomic E-state index is -4.80. The molecule has 20 heteroatoms. The molecule has 0 spiro atoms. The molecule has 5 aliphatic heterocycles. The van der Waals surface area contributed by atoms with Crippen molar-refractivity contribution in [2.45, 2.75) is 64.6 Å². The van der Waals surface area contributed by atoms with E-state index >= 15 is 8.78 Å². The van der Waals surface area contributed by atoms with Gasteiger partial charge in [-0.25, -0.2) is 13.5 Å². The summed E-state index contributed by atoms with van der Waals surface area (Å²) < 4.78 is 80.4. The van der Waals surface area contributed by atoms with Crippen molar-refractivity contribution in [3.05, 3.63) is 82.2 Å². The number of carbonyl (C=O) groups is 4. The number of hydrogen-bond donors (Lipinski definition) is 2. The number of carbonyl (C=O) groups excluding carboxylic acids is 4. The molecule has 3 atom stereocenters. The fourth-order valence-corrected chi connectivity index (χ4v) is 9.66. The number of aliphatic imine (C=N–C) groups is 1. The van der Waals surface area contributed by atoms with Gasteiger partial charge in [-0.3, -0.25) is 34.4 Å². The number of nitrogens with one attached hydrogen (secondary N) is 2. The van der Waals surface area contributed by atoms with E-state index in [1.54, 1.807) is 11.8 Å². The number of aromatic nitrogens is 3. The lowest BCUT2D eigenvalue weighted by Gasteiger charge is -2.36. The average Bonchev–Trinajstić information content (AvgIpc) is 3.98. The molecule has 3 fully saturated rings. The van der Waals surface area contributed by atoms with Gasteiger partial charge in [0.25, 0.3) is 5.91 Å². The summed E-state index contributed by atoms with van der Waals surface area (Å²) in [4.78, 5) is 68.2. The van der Waals surface area contributed by atoms with Crippen LogP contribution in [-0.4, -0.2) is 107 Å². The molecule has 2 aromatic carbocycles. The number of nitrogens with zero attached hydrogens (tertiary/aromatic N) is 8. The second kappa shape index (κ2) is 17.7. The van der Waals surface area contributed by atoms with Crippen LogP contribution < -0.4 is 25.2 Å². The zero-order valence-corrected chi connectivity index (χ0v) is 36.7. The van der Waals surface area contributed by atoms with Crippen LogP contribution in [0.4, 0.5) is 39.0 Å². The number of aryl methyl sites for hydroxylation is 2. The first kappa shape index (κ1) is 44.7. The van der Waals surface area contributed by atoms with Crippen LogP contribution in [0.25, 0.3) is 11.3 Å². The summed E-state index contributed by atoms with van der Waals surface area (Å²) >= 11 is 0. The minimum Gasteiger partial charge on any atom is -0.477 e. The number of amides is 4. The number of guanidine groups is 1.